The van der Waals surface area contributed by atoms with E-state index >= 15 is 0 Å². The van der Waals surface area contributed by atoms with Crippen LogP contribution in [0.3, 0.4) is 0 Å². The highest BCUT2D eigenvalue weighted by Gasteiger charge is 1.93. The molecule has 0 aliphatic carbocycles. The molecule has 0 fully saturated rings. The second-order valence-electron chi connectivity index (χ2n) is 4.30. The van der Waals surface area contributed by atoms with Gasteiger partial charge in [-0.1, -0.05) is 59.1 Å². The molecule has 0 aliphatic heterocycles. The maximum atomic E-state index is 5.62. The number of rotatable bonds is 10. The van der Waals surface area contributed by atoms with Crippen molar-refractivity contribution < 1.29 is 4.74 Å². The van der Waals surface area contributed by atoms with Gasteiger partial charge < -0.3 is 4.74 Å². The Morgan fingerprint density at radius 3 is 2.29 bits per heavy atom. The molecule has 0 aromatic heterocycles. The Balaban J connectivity index is 1.85. The summed E-state index contributed by atoms with van der Waals surface area (Å²) < 4.78 is 5.62. The lowest BCUT2D eigenvalue weighted by molar-refractivity contribution is 0.128. The minimum Gasteiger partial charge on any atom is -0.381 e. The molecule has 0 spiro atoms. The van der Waals surface area contributed by atoms with E-state index in [1.165, 1.54) is 31.2 Å². The van der Waals surface area contributed by atoms with E-state index in [0.717, 1.165) is 31.4 Å². The van der Waals surface area contributed by atoms with Gasteiger partial charge in [-0.25, -0.2) is 0 Å². The van der Waals surface area contributed by atoms with Gasteiger partial charge in [-0.15, -0.1) is 0 Å². The molecule has 0 unspecified atom stereocenters. The molecule has 1 nitrogen and oxygen atoms in total. The van der Waals surface area contributed by atoms with Gasteiger partial charge in [0.1, 0.15) is 0 Å². The van der Waals surface area contributed by atoms with Gasteiger partial charge in [0.05, 0.1) is 0 Å². The Bertz CT molecular complexity index is 261. The standard InChI is InChI=1S/C15H23BrO/c16-12-6-1-2-7-13-17-14-8-11-15-9-4-3-5-10-15/h3-5,9-10H,1-2,6-8,11-14H2. The van der Waals surface area contributed by atoms with Crippen molar-refractivity contribution in [2.45, 2.75) is 38.5 Å². The lowest BCUT2D eigenvalue weighted by Crippen LogP contribution is -1.98. The Hall–Kier alpha value is -0.340. The fourth-order valence-electron chi connectivity index (χ4n) is 1.78. The molecule has 0 heterocycles. The van der Waals surface area contributed by atoms with Gasteiger partial charge in [0.2, 0.25) is 0 Å². The Labute approximate surface area is 114 Å². The molecule has 0 aliphatic rings. The molecule has 0 N–H and O–H groups in total. The zero-order valence-electron chi connectivity index (χ0n) is 10.5. The average molecular weight is 299 g/mol. The Kier molecular flexibility index (Phi) is 9.34. The summed E-state index contributed by atoms with van der Waals surface area (Å²) in [5.41, 5.74) is 1.41. The van der Waals surface area contributed by atoms with Crippen molar-refractivity contribution in [3.05, 3.63) is 35.9 Å². The van der Waals surface area contributed by atoms with Gasteiger partial charge in [-0.05, 0) is 31.2 Å². The summed E-state index contributed by atoms with van der Waals surface area (Å²) in [4.78, 5) is 0. The summed E-state index contributed by atoms with van der Waals surface area (Å²) in [6, 6.07) is 10.6. The van der Waals surface area contributed by atoms with Gasteiger partial charge in [0.25, 0.3) is 0 Å². The lowest BCUT2D eigenvalue weighted by atomic mass is 10.1. The fraction of sp³-hybridized carbons (Fsp3) is 0.600. The molecule has 1 aromatic carbocycles. The average Bonchev–Trinajstić information content (AvgIpc) is 2.38. The third-order valence-electron chi connectivity index (χ3n) is 2.77. The number of benzene rings is 1. The van der Waals surface area contributed by atoms with Crippen LogP contribution < -0.4 is 0 Å². The minimum atomic E-state index is 0.896. The zero-order valence-corrected chi connectivity index (χ0v) is 12.1. The van der Waals surface area contributed by atoms with Crippen LogP contribution in [0.5, 0.6) is 0 Å². The van der Waals surface area contributed by atoms with Crippen LogP contribution in [0.2, 0.25) is 0 Å². The molecule has 1 aromatic rings. The fourth-order valence-corrected chi connectivity index (χ4v) is 2.17. The van der Waals surface area contributed by atoms with E-state index in [-0.39, 0.29) is 0 Å². The van der Waals surface area contributed by atoms with Crippen LogP contribution in [0.25, 0.3) is 0 Å². The molecular weight excluding hydrogens is 276 g/mol. The van der Waals surface area contributed by atoms with Crippen molar-refractivity contribution >= 4 is 15.9 Å². The van der Waals surface area contributed by atoms with Crippen LogP contribution in [-0.2, 0) is 11.2 Å². The van der Waals surface area contributed by atoms with Crippen LogP contribution in [0.15, 0.2) is 30.3 Å². The normalized spacial score (nSPS) is 10.6. The second kappa shape index (κ2) is 10.8. The van der Waals surface area contributed by atoms with E-state index in [2.05, 4.69) is 46.3 Å². The second-order valence-corrected chi connectivity index (χ2v) is 5.10. The summed E-state index contributed by atoms with van der Waals surface area (Å²) >= 11 is 3.44. The number of hydrogen-bond donors (Lipinski definition) is 0. The van der Waals surface area contributed by atoms with Crippen molar-refractivity contribution in [3.8, 4) is 0 Å². The van der Waals surface area contributed by atoms with Crippen molar-refractivity contribution in [2.24, 2.45) is 0 Å². The number of hydrogen-bond acceptors (Lipinski definition) is 1. The van der Waals surface area contributed by atoms with Crippen LogP contribution in [0.1, 0.15) is 37.7 Å². The van der Waals surface area contributed by atoms with Gasteiger partial charge >= 0.3 is 0 Å². The predicted octanol–water partition coefficient (Wildman–Crippen LogP) is 4.59. The summed E-state index contributed by atoms with van der Waals surface area (Å²) in [5, 5.41) is 1.13. The van der Waals surface area contributed by atoms with Crippen molar-refractivity contribution in [1.29, 1.82) is 0 Å². The molecule has 1 rings (SSSR count). The van der Waals surface area contributed by atoms with E-state index in [9.17, 15) is 0 Å². The van der Waals surface area contributed by atoms with Crippen LogP contribution in [0, 0.1) is 0 Å². The quantitative estimate of drug-likeness (QED) is 0.453. The Morgan fingerprint density at radius 1 is 0.824 bits per heavy atom. The number of ether oxygens (including phenoxy) is 1. The Morgan fingerprint density at radius 2 is 1.53 bits per heavy atom. The van der Waals surface area contributed by atoms with Crippen LogP contribution in [-0.4, -0.2) is 18.5 Å². The van der Waals surface area contributed by atoms with Crippen molar-refractivity contribution in [1.82, 2.24) is 0 Å². The monoisotopic (exact) mass is 298 g/mol. The number of unbranched alkanes of at least 4 members (excludes halogenated alkanes) is 3. The van der Waals surface area contributed by atoms with Gasteiger partial charge in [-0.3, -0.25) is 0 Å². The number of aryl methyl sites for hydroxylation is 1. The van der Waals surface area contributed by atoms with Crippen LogP contribution in [0.4, 0.5) is 0 Å². The molecule has 0 saturated carbocycles. The SMILES string of the molecule is BrCCCCCCOCCCc1ccccc1. The highest BCUT2D eigenvalue weighted by molar-refractivity contribution is 9.09. The summed E-state index contributed by atoms with van der Waals surface area (Å²) in [6.45, 7) is 1.82. The van der Waals surface area contributed by atoms with Crippen LogP contribution >= 0.6 is 15.9 Å². The zero-order chi connectivity index (χ0) is 12.2. The molecule has 17 heavy (non-hydrogen) atoms. The summed E-state index contributed by atoms with van der Waals surface area (Å²) in [7, 11) is 0. The third kappa shape index (κ3) is 8.39. The maximum Gasteiger partial charge on any atom is 0.0469 e. The molecule has 0 saturated heterocycles. The molecule has 0 bridgehead atoms. The molecule has 96 valence electrons. The van der Waals surface area contributed by atoms with Gasteiger partial charge in [-0.2, -0.15) is 0 Å². The first-order valence-corrected chi connectivity index (χ1v) is 7.73. The topological polar surface area (TPSA) is 9.23 Å². The first-order chi connectivity index (χ1) is 8.43. The van der Waals surface area contributed by atoms with E-state index in [4.69, 9.17) is 4.74 Å². The van der Waals surface area contributed by atoms with Crippen molar-refractivity contribution in [2.75, 3.05) is 18.5 Å². The van der Waals surface area contributed by atoms with E-state index in [0.29, 0.717) is 0 Å². The molecule has 2 heteroatoms. The number of halogens is 1. The lowest BCUT2D eigenvalue weighted by Gasteiger charge is -2.04. The summed E-state index contributed by atoms with van der Waals surface area (Å²) in [5.74, 6) is 0. The first kappa shape index (κ1) is 14.7. The number of alkyl halides is 1. The minimum absolute atomic E-state index is 0.896. The highest BCUT2D eigenvalue weighted by atomic mass is 79.9. The molecular formula is C15H23BrO. The largest absolute Gasteiger partial charge is 0.381 e. The summed E-state index contributed by atoms with van der Waals surface area (Å²) in [6.07, 6.45) is 7.37. The van der Waals surface area contributed by atoms with E-state index in [1.807, 2.05) is 0 Å². The van der Waals surface area contributed by atoms with Gasteiger partial charge in [0, 0.05) is 18.5 Å². The maximum absolute atomic E-state index is 5.62. The van der Waals surface area contributed by atoms with Crippen molar-refractivity contribution in [3.63, 3.8) is 0 Å². The molecule has 0 radical (unpaired) electrons. The van der Waals surface area contributed by atoms with E-state index in [1.54, 1.807) is 0 Å². The van der Waals surface area contributed by atoms with E-state index < -0.39 is 0 Å². The predicted molar refractivity (Wildman–Crippen MR) is 77.8 cm³/mol. The highest BCUT2D eigenvalue weighted by Crippen LogP contribution is 2.04. The first-order valence-electron chi connectivity index (χ1n) is 6.61. The smallest absolute Gasteiger partial charge is 0.0469 e. The van der Waals surface area contributed by atoms with Gasteiger partial charge in [0.15, 0.2) is 0 Å². The molecule has 0 amide bonds. The third-order valence-corrected chi connectivity index (χ3v) is 3.33. The molecule has 0 atom stereocenters.